The van der Waals surface area contributed by atoms with Gasteiger partial charge in [0, 0.05) is 17.6 Å². The van der Waals surface area contributed by atoms with E-state index in [0.717, 1.165) is 30.2 Å². The lowest BCUT2D eigenvalue weighted by Gasteiger charge is -2.32. The summed E-state index contributed by atoms with van der Waals surface area (Å²) in [5, 5.41) is 0.676. The Morgan fingerprint density at radius 1 is 1.03 bits per heavy atom. The van der Waals surface area contributed by atoms with Crippen molar-refractivity contribution in [3.63, 3.8) is 0 Å². The molecule has 0 radical (unpaired) electrons. The van der Waals surface area contributed by atoms with Crippen LogP contribution in [0.2, 0.25) is 0 Å². The summed E-state index contributed by atoms with van der Waals surface area (Å²) in [5.41, 5.74) is 2.27. The Labute approximate surface area is 191 Å². The van der Waals surface area contributed by atoms with Gasteiger partial charge in [0.25, 0.3) is 0 Å². The number of aromatic nitrogens is 1. The number of hydrogen-bond donors (Lipinski definition) is 0. The van der Waals surface area contributed by atoms with E-state index in [1.165, 1.54) is 5.56 Å². The number of aryl methyl sites for hydroxylation is 1. The van der Waals surface area contributed by atoms with Gasteiger partial charge in [0.15, 0.2) is 5.43 Å². The molecule has 166 valence electrons. The molecule has 1 aromatic heterocycles. The van der Waals surface area contributed by atoms with E-state index >= 15 is 0 Å². The molecule has 4 rings (SSSR count). The van der Waals surface area contributed by atoms with Crippen molar-refractivity contribution in [3.8, 4) is 0 Å². The van der Waals surface area contributed by atoms with Crippen molar-refractivity contribution >= 4 is 23.5 Å². The fraction of sp³-hybridized carbons (Fsp3) is 0.370. The summed E-state index contributed by atoms with van der Waals surface area (Å²) in [6, 6.07) is 18.2. The molecule has 1 atom stereocenters. The van der Waals surface area contributed by atoms with Gasteiger partial charge in [-0.3, -0.25) is 4.79 Å². The molecule has 1 saturated heterocycles. The molecule has 4 nitrogen and oxygen atoms in total. The molecule has 0 aliphatic carbocycles. The summed E-state index contributed by atoms with van der Waals surface area (Å²) in [5.74, 6) is 0. The first-order valence-corrected chi connectivity index (χ1v) is 11.4. The van der Waals surface area contributed by atoms with E-state index in [1.807, 2.05) is 64.2 Å². The van der Waals surface area contributed by atoms with Gasteiger partial charge in [-0.15, -0.1) is 6.58 Å². The smallest absolute Gasteiger partial charge is 0.399 e. The Balaban J connectivity index is 1.60. The van der Waals surface area contributed by atoms with E-state index in [0.29, 0.717) is 5.39 Å². The lowest BCUT2D eigenvalue weighted by atomic mass is 9.78. The summed E-state index contributed by atoms with van der Waals surface area (Å²) in [6.07, 6.45) is 6.87. The fourth-order valence-corrected chi connectivity index (χ4v) is 4.24. The molecule has 0 amide bonds. The van der Waals surface area contributed by atoms with Crippen LogP contribution in [-0.4, -0.2) is 22.9 Å². The maximum atomic E-state index is 12.7. The van der Waals surface area contributed by atoms with Crippen LogP contribution < -0.4 is 10.9 Å². The number of allylic oxidation sites excluding steroid dienone is 1. The van der Waals surface area contributed by atoms with Crippen LogP contribution in [0.3, 0.4) is 0 Å². The molecule has 32 heavy (non-hydrogen) atoms. The number of nitrogens with zero attached hydrogens (tertiary/aromatic N) is 1. The highest BCUT2D eigenvalue weighted by atomic mass is 16.7. The van der Waals surface area contributed by atoms with Crippen LogP contribution in [0.4, 0.5) is 0 Å². The summed E-state index contributed by atoms with van der Waals surface area (Å²) >= 11 is 0. The lowest BCUT2D eigenvalue weighted by molar-refractivity contribution is 0.00578. The molecule has 0 bridgehead atoms. The molecule has 1 aliphatic rings. The third-order valence-corrected chi connectivity index (χ3v) is 6.91. The van der Waals surface area contributed by atoms with Gasteiger partial charge in [-0.1, -0.05) is 42.5 Å². The zero-order valence-corrected chi connectivity index (χ0v) is 19.5. The van der Waals surface area contributed by atoms with Gasteiger partial charge in [0.1, 0.15) is 0 Å². The number of benzene rings is 2. The number of fused-ring (bicyclic) bond motifs is 1. The predicted molar refractivity (Wildman–Crippen MR) is 133 cm³/mol. The van der Waals surface area contributed by atoms with Gasteiger partial charge in [-0.2, -0.15) is 0 Å². The Bertz CT molecular complexity index is 1150. The molecule has 2 heterocycles. The van der Waals surface area contributed by atoms with Gasteiger partial charge in [0.2, 0.25) is 0 Å². The van der Waals surface area contributed by atoms with Crippen LogP contribution >= 0.6 is 0 Å². The first-order valence-electron chi connectivity index (χ1n) is 11.4. The largest absolute Gasteiger partial charge is 0.494 e. The molecule has 0 spiro atoms. The quantitative estimate of drug-likeness (QED) is 0.390. The maximum Gasteiger partial charge on any atom is 0.494 e. The first kappa shape index (κ1) is 22.6. The van der Waals surface area contributed by atoms with E-state index in [-0.39, 0.29) is 11.5 Å². The van der Waals surface area contributed by atoms with Crippen molar-refractivity contribution in [2.75, 3.05) is 0 Å². The van der Waals surface area contributed by atoms with Gasteiger partial charge in [-0.25, -0.2) is 0 Å². The average molecular weight is 429 g/mol. The molecular formula is C27H32BNO3. The third-order valence-electron chi connectivity index (χ3n) is 6.91. The topological polar surface area (TPSA) is 40.5 Å². The van der Waals surface area contributed by atoms with Crippen LogP contribution in [0.25, 0.3) is 10.9 Å². The zero-order chi connectivity index (χ0) is 22.9. The van der Waals surface area contributed by atoms with Gasteiger partial charge < -0.3 is 13.9 Å². The molecule has 1 fully saturated rings. The minimum atomic E-state index is -0.487. The van der Waals surface area contributed by atoms with Crippen molar-refractivity contribution in [1.29, 1.82) is 0 Å². The van der Waals surface area contributed by atoms with E-state index in [1.54, 1.807) is 6.07 Å². The van der Waals surface area contributed by atoms with E-state index < -0.39 is 18.3 Å². The van der Waals surface area contributed by atoms with Crippen LogP contribution in [-0.2, 0) is 15.7 Å². The Kier molecular flexibility index (Phi) is 6.15. The number of pyridine rings is 1. The SMILES string of the molecule is C=CC(CCCc1ccccc1)n1ccc(=O)c2cc(B3OC(C)(C)C(C)(C)O3)ccc21. The fourth-order valence-electron chi connectivity index (χ4n) is 4.24. The zero-order valence-electron chi connectivity index (χ0n) is 19.5. The summed E-state index contributed by atoms with van der Waals surface area (Å²) in [6.45, 7) is 12.2. The second-order valence-electron chi connectivity index (χ2n) is 9.63. The average Bonchev–Trinajstić information content (AvgIpc) is 2.99. The molecule has 0 saturated carbocycles. The van der Waals surface area contributed by atoms with Crippen LogP contribution in [0.1, 0.15) is 52.1 Å². The summed E-state index contributed by atoms with van der Waals surface area (Å²) in [7, 11) is -0.487. The number of rotatable bonds is 7. The lowest BCUT2D eigenvalue weighted by Crippen LogP contribution is -2.41. The molecule has 3 aromatic rings. The molecular weight excluding hydrogens is 397 g/mol. The Hall–Kier alpha value is -2.63. The highest BCUT2D eigenvalue weighted by Gasteiger charge is 2.51. The van der Waals surface area contributed by atoms with Crippen molar-refractivity contribution in [2.24, 2.45) is 0 Å². The van der Waals surface area contributed by atoms with Gasteiger partial charge in [0.05, 0.1) is 22.8 Å². The van der Waals surface area contributed by atoms with Crippen molar-refractivity contribution in [3.05, 3.63) is 89.2 Å². The maximum absolute atomic E-state index is 12.7. The normalized spacial score (nSPS) is 18.1. The van der Waals surface area contributed by atoms with Crippen molar-refractivity contribution in [2.45, 2.75) is 64.2 Å². The minimum absolute atomic E-state index is 0.00159. The highest BCUT2D eigenvalue weighted by Crippen LogP contribution is 2.36. The monoisotopic (exact) mass is 429 g/mol. The van der Waals surface area contributed by atoms with Crippen molar-refractivity contribution < 1.29 is 9.31 Å². The first-order chi connectivity index (χ1) is 15.2. The predicted octanol–water partition coefficient (Wildman–Crippen LogP) is 5.05. The van der Waals surface area contributed by atoms with Gasteiger partial charge >= 0.3 is 7.12 Å². The number of hydrogen-bond acceptors (Lipinski definition) is 3. The standard InChI is InChI=1S/C27H32BNO3/c1-6-22(14-10-13-20-11-8-7-9-12-20)29-18-17-25(30)23-19-21(15-16-24(23)29)28-31-26(2,3)27(4,5)32-28/h6-9,11-12,15-19,22H,1,10,13-14H2,2-5H3. The molecule has 5 heteroatoms. The van der Waals surface area contributed by atoms with E-state index in [9.17, 15) is 4.79 Å². The highest BCUT2D eigenvalue weighted by molar-refractivity contribution is 6.62. The van der Waals surface area contributed by atoms with E-state index in [4.69, 9.17) is 9.31 Å². The summed E-state index contributed by atoms with van der Waals surface area (Å²) < 4.78 is 14.5. The molecule has 2 aromatic carbocycles. The second kappa shape index (κ2) is 8.72. The van der Waals surface area contributed by atoms with Crippen LogP contribution in [0.5, 0.6) is 0 Å². The second-order valence-corrected chi connectivity index (χ2v) is 9.63. The Morgan fingerprint density at radius 2 is 1.72 bits per heavy atom. The van der Waals surface area contributed by atoms with Crippen molar-refractivity contribution in [1.82, 2.24) is 4.57 Å². The van der Waals surface area contributed by atoms with E-state index in [2.05, 4.69) is 35.4 Å². The molecule has 0 N–H and O–H groups in total. The minimum Gasteiger partial charge on any atom is -0.399 e. The van der Waals surface area contributed by atoms with Gasteiger partial charge in [-0.05, 0) is 70.1 Å². The molecule has 1 unspecified atom stereocenters. The van der Waals surface area contributed by atoms with Crippen LogP contribution in [0, 0.1) is 0 Å². The Morgan fingerprint density at radius 3 is 2.38 bits per heavy atom. The molecule has 1 aliphatic heterocycles. The summed E-state index contributed by atoms with van der Waals surface area (Å²) in [4.78, 5) is 12.7. The van der Waals surface area contributed by atoms with Crippen LogP contribution in [0.15, 0.2) is 78.2 Å². The third kappa shape index (κ3) is 4.32.